The van der Waals surface area contributed by atoms with Crippen LogP contribution in [0, 0.1) is 0 Å². The molecule has 132 valence electrons. The molecule has 1 amide bonds. The van der Waals surface area contributed by atoms with Crippen LogP contribution in [0.5, 0.6) is 11.5 Å². The van der Waals surface area contributed by atoms with Crippen molar-refractivity contribution in [2.75, 3.05) is 14.2 Å². The molecule has 1 heterocycles. The predicted octanol–water partition coefficient (Wildman–Crippen LogP) is 1.93. The first-order valence-corrected chi connectivity index (χ1v) is 8.26. The number of methoxy groups -OCH3 is 2. The first-order valence-electron chi connectivity index (χ1n) is 8.26. The highest BCUT2D eigenvalue weighted by molar-refractivity contribution is 5.82. The molecule has 2 aromatic rings. The Balaban J connectivity index is 1.59. The van der Waals surface area contributed by atoms with Gasteiger partial charge in [0.1, 0.15) is 6.04 Å². The first kappa shape index (κ1) is 17.3. The molecule has 0 saturated carbocycles. The van der Waals surface area contributed by atoms with Crippen LogP contribution in [0.1, 0.15) is 23.6 Å². The van der Waals surface area contributed by atoms with Crippen molar-refractivity contribution in [1.82, 2.24) is 16.2 Å². The summed E-state index contributed by atoms with van der Waals surface area (Å²) in [5.74, 6) is 1.25. The Labute approximate surface area is 147 Å². The molecule has 0 aliphatic carbocycles. The minimum atomic E-state index is -0.276. The molecule has 0 bridgehead atoms. The van der Waals surface area contributed by atoms with Gasteiger partial charge in [-0.1, -0.05) is 42.5 Å². The fourth-order valence-electron chi connectivity index (χ4n) is 3.03. The van der Waals surface area contributed by atoms with E-state index in [1.165, 1.54) is 5.56 Å². The maximum atomic E-state index is 12.5. The first-order chi connectivity index (χ1) is 12.2. The Hall–Kier alpha value is -2.57. The van der Waals surface area contributed by atoms with Gasteiger partial charge in [0, 0.05) is 18.2 Å². The molecule has 3 rings (SSSR count). The van der Waals surface area contributed by atoms with E-state index >= 15 is 0 Å². The number of hydrogen-bond acceptors (Lipinski definition) is 5. The van der Waals surface area contributed by atoms with Crippen LogP contribution in [0.25, 0.3) is 0 Å². The number of nitrogens with one attached hydrogen (secondary N) is 3. The average Bonchev–Trinajstić information content (AvgIpc) is 3.16. The lowest BCUT2D eigenvalue weighted by molar-refractivity contribution is -0.123. The van der Waals surface area contributed by atoms with E-state index in [1.807, 2.05) is 36.4 Å². The normalized spacial score (nSPS) is 19.4. The molecule has 2 atom stereocenters. The zero-order chi connectivity index (χ0) is 17.6. The molecular formula is C19H23N3O3. The fraction of sp³-hybridized carbons (Fsp3) is 0.316. The summed E-state index contributed by atoms with van der Waals surface area (Å²) in [6.07, 6.45) is 0.699. The maximum absolute atomic E-state index is 12.5. The topological polar surface area (TPSA) is 71.6 Å². The molecule has 25 heavy (non-hydrogen) atoms. The molecule has 1 aliphatic heterocycles. The van der Waals surface area contributed by atoms with E-state index in [-0.39, 0.29) is 18.0 Å². The summed E-state index contributed by atoms with van der Waals surface area (Å²) in [7, 11) is 3.19. The monoisotopic (exact) mass is 341 g/mol. The summed E-state index contributed by atoms with van der Waals surface area (Å²) in [5.41, 5.74) is 8.30. The van der Waals surface area contributed by atoms with Gasteiger partial charge in [-0.15, -0.1) is 0 Å². The van der Waals surface area contributed by atoms with Crippen LogP contribution >= 0.6 is 0 Å². The molecule has 3 N–H and O–H groups in total. The summed E-state index contributed by atoms with van der Waals surface area (Å²) in [4.78, 5) is 12.5. The maximum Gasteiger partial charge on any atom is 0.238 e. The van der Waals surface area contributed by atoms with Gasteiger partial charge in [-0.05, 0) is 18.1 Å². The smallest absolute Gasteiger partial charge is 0.238 e. The fourth-order valence-corrected chi connectivity index (χ4v) is 3.03. The van der Waals surface area contributed by atoms with Crippen LogP contribution in [0.15, 0.2) is 48.5 Å². The van der Waals surface area contributed by atoms with Gasteiger partial charge in [-0.2, -0.15) is 0 Å². The van der Waals surface area contributed by atoms with Crippen LogP contribution in [0.2, 0.25) is 0 Å². The summed E-state index contributed by atoms with van der Waals surface area (Å²) >= 11 is 0. The van der Waals surface area contributed by atoms with Crippen LogP contribution in [-0.4, -0.2) is 26.2 Å². The van der Waals surface area contributed by atoms with Gasteiger partial charge in [0.2, 0.25) is 5.91 Å². The van der Waals surface area contributed by atoms with Crippen molar-refractivity contribution in [3.05, 3.63) is 59.7 Å². The van der Waals surface area contributed by atoms with Gasteiger partial charge in [-0.3, -0.25) is 4.79 Å². The van der Waals surface area contributed by atoms with Crippen molar-refractivity contribution in [2.45, 2.75) is 25.0 Å². The second kappa shape index (κ2) is 8.00. The van der Waals surface area contributed by atoms with Crippen molar-refractivity contribution in [3.63, 3.8) is 0 Å². The lowest BCUT2D eigenvalue weighted by Gasteiger charge is -2.14. The number of hydrazine groups is 1. The third kappa shape index (κ3) is 3.92. The van der Waals surface area contributed by atoms with Crippen molar-refractivity contribution < 1.29 is 14.3 Å². The van der Waals surface area contributed by atoms with Gasteiger partial charge in [-0.25, -0.2) is 10.9 Å². The molecule has 0 aromatic heterocycles. The van der Waals surface area contributed by atoms with Crippen molar-refractivity contribution in [1.29, 1.82) is 0 Å². The SMILES string of the molecule is COc1cccc(CNC(=O)C2CC(c3ccccc3)NN2)c1OC. The van der Waals surface area contributed by atoms with Crippen molar-refractivity contribution in [3.8, 4) is 11.5 Å². The molecule has 0 spiro atoms. The Morgan fingerprint density at radius 1 is 1.08 bits per heavy atom. The van der Waals surface area contributed by atoms with E-state index in [0.29, 0.717) is 24.5 Å². The Bertz CT molecular complexity index is 721. The number of hydrogen-bond donors (Lipinski definition) is 3. The number of carbonyl (C=O) groups excluding carboxylic acids is 1. The van der Waals surface area contributed by atoms with E-state index in [0.717, 1.165) is 5.56 Å². The number of amides is 1. The van der Waals surface area contributed by atoms with Crippen LogP contribution < -0.4 is 25.6 Å². The highest BCUT2D eigenvalue weighted by Gasteiger charge is 2.29. The predicted molar refractivity (Wildman–Crippen MR) is 95.3 cm³/mol. The van der Waals surface area contributed by atoms with Crippen molar-refractivity contribution in [2.24, 2.45) is 0 Å². The molecule has 1 fully saturated rings. The Kier molecular flexibility index (Phi) is 5.53. The van der Waals surface area contributed by atoms with Crippen LogP contribution in [0.3, 0.4) is 0 Å². The van der Waals surface area contributed by atoms with E-state index in [1.54, 1.807) is 14.2 Å². The lowest BCUT2D eigenvalue weighted by atomic mass is 10.0. The lowest BCUT2D eigenvalue weighted by Crippen LogP contribution is -2.42. The second-order valence-electron chi connectivity index (χ2n) is 5.91. The Morgan fingerprint density at radius 3 is 2.60 bits per heavy atom. The minimum Gasteiger partial charge on any atom is -0.493 e. The standard InChI is InChI=1S/C19H23N3O3/c1-24-17-10-6-9-14(18(17)25-2)12-20-19(23)16-11-15(21-22-16)13-7-4-3-5-8-13/h3-10,15-16,21-22H,11-12H2,1-2H3,(H,20,23). The molecule has 6 nitrogen and oxygen atoms in total. The number of ether oxygens (including phenoxy) is 2. The number of benzene rings is 2. The highest BCUT2D eigenvalue weighted by atomic mass is 16.5. The number of para-hydroxylation sites is 1. The van der Waals surface area contributed by atoms with Gasteiger partial charge in [0.15, 0.2) is 11.5 Å². The third-order valence-electron chi connectivity index (χ3n) is 4.36. The summed E-state index contributed by atoms with van der Waals surface area (Å²) in [6.45, 7) is 0.382. The van der Waals surface area contributed by atoms with Gasteiger partial charge in [0.05, 0.1) is 14.2 Å². The number of rotatable bonds is 6. The largest absolute Gasteiger partial charge is 0.493 e. The van der Waals surface area contributed by atoms with Crippen LogP contribution in [-0.2, 0) is 11.3 Å². The van der Waals surface area contributed by atoms with Crippen LogP contribution in [0.4, 0.5) is 0 Å². The minimum absolute atomic E-state index is 0.0456. The van der Waals surface area contributed by atoms with Gasteiger partial charge in [0.25, 0.3) is 0 Å². The molecular weight excluding hydrogens is 318 g/mol. The van der Waals surface area contributed by atoms with Gasteiger partial charge >= 0.3 is 0 Å². The van der Waals surface area contributed by atoms with E-state index in [4.69, 9.17) is 9.47 Å². The average molecular weight is 341 g/mol. The zero-order valence-corrected chi connectivity index (χ0v) is 14.4. The van der Waals surface area contributed by atoms with E-state index in [9.17, 15) is 4.79 Å². The summed E-state index contributed by atoms with van der Waals surface area (Å²) in [5, 5.41) is 2.96. The second-order valence-corrected chi connectivity index (χ2v) is 5.91. The third-order valence-corrected chi connectivity index (χ3v) is 4.36. The van der Waals surface area contributed by atoms with Crippen molar-refractivity contribution >= 4 is 5.91 Å². The van der Waals surface area contributed by atoms with E-state index in [2.05, 4.69) is 28.3 Å². The molecule has 2 aromatic carbocycles. The zero-order valence-electron chi connectivity index (χ0n) is 14.4. The molecule has 0 radical (unpaired) electrons. The summed E-state index contributed by atoms with van der Waals surface area (Å²) < 4.78 is 10.7. The number of carbonyl (C=O) groups is 1. The Morgan fingerprint density at radius 2 is 1.88 bits per heavy atom. The quantitative estimate of drug-likeness (QED) is 0.749. The van der Waals surface area contributed by atoms with Gasteiger partial charge < -0.3 is 14.8 Å². The molecule has 6 heteroatoms. The molecule has 1 saturated heterocycles. The summed E-state index contributed by atoms with van der Waals surface area (Å²) in [6, 6.07) is 15.6. The molecule has 2 unspecified atom stereocenters. The van der Waals surface area contributed by atoms with E-state index < -0.39 is 0 Å². The highest BCUT2D eigenvalue weighted by Crippen LogP contribution is 2.30. The molecule has 1 aliphatic rings.